The lowest BCUT2D eigenvalue weighted by molar-refractivity contribution is -0.152. The summed E-state index contributed by atoms with van der Waals surface area (Å²) < 4.78 is 44.4. The molecule has 11 heteroatoms. The zero-order valence-electron chi connectivity index (χ0n) is 18.0. The maximum Gasteiger partial charge on any atom is 0.417 e. The third kappa shape index (κ3) is 6.13. The molecule has 33 heavy (non-hydrogen) atoms. The number of esters is 1. The van der Waals surface area contributed by atoms with Gasteiger partial charge in [0.15, 0.2) is 6.10 Å². The van der Waals surface area contributed by atoms with Crippen molar-refractivity contribution in [2.24, 2.45) is 0 Å². The van der Waals surface area contributed by atoms with Crippen LogP contribution in [0.3, 0.4) is 0 Å². The zero-order valence-corrected chi connectivity index (χ0v) is 18.0. The summed E-state index contributed by atoms with van der Waals surface area (Å²) >= 11 is 0. The Morgan fingerprint density at radius 2 is 1.85 bits per heavy atom. The third-order valence-corrected chi connectivity index (χ3v) is 5.16. The fourth-order valence-electron chi connectivity index (χ4n) is 3.44. The molecule has 0 bridgehead atoms. The molecule has 1 saturated heterocycles. The Balaban J connectivity index is 1.55. The molecule has 1 aliphatic heterocycles. The first kappa shape index (κ1) is 24.3. The Hall–Kier alpha value is -3.34. The third-order valence-electron chi connectivity index (χ3n) is 5.16. The average Bonchev–Trinajstić information content (AvgIpc) is 2.82. The highest BCUT2D eigenvalue weighted by Crippen LogP contribution is 2.32. The van der Waals surface area contributed by atoms with Gasteiger partial charge in [0.1, 0.15) is 5.82 Å². The van der Waals surface area contributed by atoms with Gasteiger partial charge in [0, 0.05) is 26.2 Å². The van der Waals surface area contributed by atoms with Crippen molar-refractivity contribution in [3.8, 4) is 0 Å². The average molecular weight is 466 g/mol. The van der Waals surface area contributed by atoms with Crippen LogP contribution >= 0.6 is 0 Å². The van der Waals surface area contributed by atoms with Crippen LogP contribution in [0.5, 0.6) is 0 Å². The molecular weight excluding hydrogens is 441 g/mol. The van der Waals surface area contributed by atoms with Crippen molar-refractivity contribution < 1.29 is 32.6 Å². The number of nitrogens with zero attached hydrogens (tertiary/aromatic N) is 3. The van der Waals surface area contributed by atoms with Crippen LogP contribution in [0.15, 0.2) is 42.6 Å². The van der Waals surface area contributed by atoms with E-state index >= 15 is 0 Å². The number of anilines is 2. The number of nitrogens with one attached hydrogen (secondary N) is 1. The predicted molar refractivity (Wildman–Crippen MR) is 115 cm³/mol. The van der Waals surface area contributed by atoms with Crippen molar-refractivity contribution in [2.75, 3.05) is 49.5 Å². The smallest absolute Gasteiger partial charge is 0.417 e. The van der Waals surface area contributed by atoms with Crippen LogP contribution in [0.4, 0.5) is 24.7 Å². The fourth-order valence-corrected chi connectivity index (χ4v) is 3.44. The van der Waals surface area contributed by atoms with Gasteiger partial charge in [-0.3, -0.25) is 4.79 Å². The van der Waals surface area contributed by atoms with Crippen LogP contribution in [-0.2, 0) is 15.7 Å². The highest BCUT2D eigenvalue weighted by molar-refractivity contribution is 5.96. The Morgan fingerprint density at radius 1 is 1.15 bits per heavy atom. The number of amides is 1. The van der Waals surface area contributed by atoms with Crippen LogP contribution in [-0.4, -0.2) is 72.3 Å². The lowest BCUT2D eigenvalue weighted by atomic mass is 10.1. The van der Waals surface area contributed by atoms with Crippen molar-refractivity contribution in [1.29, 1.82) is 0 Å². The number of aromatic nitrogens is 1. The monoisotopic (exact) mass is 466 g/mol. The number of ether oxygens (including phenoxy) is 1. The molecule has 1 aromatic carbocycles. The van der Waals surface area contributed by atoms with E-state index in [0.717, 1.165) is 6.07 Å². The van der Waals surface area contributed by atoms with E-state index in [2.05, 4.69) is 10.3 Å². The Morgan fingerprint density at radius 3 is 2.45 bits per heavy atom. The van der Waals surface area contributed by atoms with E-state index in [9.17, 15) is 27.9 Å². The first-order chi connectivity index (χ1) is 15.7. The van der Waals surface area contributed by atoms with E-state index in [1.165, 1.54) is 23.1 Å². The summed E-state index contributed by atoms with van der Waals surface area (Å²) in [6, 6.07) is 8.27. The van der Waals surface area contributed by atoms with E-state index in [4.69, 9.17) is 4.74 Å². The molecule has 0 saturated carbocycles. The van der Waals surface area contributed by atoms with E-state index in [1.54, 1.807) is 25.3 Å². The molecule has 0 aliphatic carbocycles. The maximum atomic E-state index is 13.2. The lowest BCUT2D eigenvalue weighted by Gasteiger charge is -2.35. The van der Waals surface area contributed by atoms with Gasteiger partial charge in [0.2, 0.25) is 0 Å². The number of benzene rings is 1. The van der Waals surface area contributed by atoms with E-state index < -0.39 is 29.7 Å². The van der Waals surface area contributed by atoms with Crippen LogP contribution in [0.25, 0.3) is 0 Å². The first-order valence-corrected chi connectivity index (χ1v) is 10.5. The Kier molecular flexibility index (Phi) is 7.75. The minimum atomic E-state index is -4.60. The molecule has 1 aliphatic rings. The second kappa shape index (κ2) is 10.5. The number of alkyl halides is 3. The van der Waals surface area contributed by atoms with Crippen LogP contribution in [0, 0.1) is 0 Å². The molecule has 178 valence electrons. The molecule has 2 N–H and O–H groups in total. The molecule has 2 aromatic rings. The maximum absolute atomic E-state index is 13.2. The standard InChI is InChI=1S/C22H25F3N4O4/c1-2-33-21(32)18(30)14-26-15-7-8-19(27-13-15)28-9-11-29(12-10-28)20(31)16-5-3-4-6-17(16)22(23,24)25/h3-8,13,18,26,30H,2,9-12,14H2,1H3. The summed E-state index contributed by atoms with van der Waals surface area (Å²) in [5.74, 6) is -0.704. The van der Waals surface area contributed by atoms with Gasteiger partial charge in [-0.2, -0.15) is 13.2 Å². The van der Waals surface area contributed by atoms with Gasteiger partial charge in [0.05, 0.1) is 36.2 Å². The molecule has 0 spiro atoms. The summed E-state index contributed by atoms with van der Waals surface area (Å²) in [7, 11) is 0. The zero-order chi connectivity index (χ0) is 24.0. The molecule has 2 heterocycles. The van der Waals surface area contributed by atoms with Crippen molar-refractivity contribution in [3.63, 3.8) is 0 Å². The van der Waals surface area contributed by atoms with Crippen LogP contribution in [0.1, 0.15) is 22.8 Å². The van der Waals surface area contributed by atoms with Crippen molar-refractivity contribution >= 4 is 23.4 Å². The Labute approximate surface area is 189 Å². The normalized spacial score (nSPS) is 15.2. The number of hydrogen-bond donors (Lipinski definition) is 2. The summed E-state index contributed by atoms with van der Waals surface area (Å²) in [4.78, 5) is 31.8. The van der Waals surface area contributed by atoms with Gasteiger partial charge in [0.25, 0.3) is 5.91 Å². The molecule has 1 unspecified atom stereocenters. The number of carbonyl (C=O) groups excluding carboxylic acids is 2. The van der Waals surface area contributed by atoms with Crippen molar-refractivity contribution in [2.45, 2.75) is 19.2 Å². The molecule has 1 fully saturated rings. The Bertz CT molecular complexity index is 961. The second-order valence-corrected chi connectivity index (χ2v) is 7.38. The second-order valence-electron chi connectivity index (χ2n) is 7.38. The molecule has 1 amide bonds. The van der Waals surface area contributed by atoms with Gasteiger partial charge in [-0.05, 0) is 31.2 Å². The number of hydrogen-bond acceptors (Lipinski definition) is 7. The largest absolute Gasteiger partial charge is 0.464 e. The summed E-state index contributed by atoms with van der Waals surface area (Å²) in [5, 5.41) is 12.6. The predicted octanol–water partition coefficient (Wildman–Crippen LogP) is 2.40. The number of aliphatic hydroxyl groups is 1. The molecule has 8 nitrogen and oxygen atoms in total. The van der Waals surface area contributed by atoms with Gasteiger partial charge >= 0.3 is 12.1 Å². The number of pyridine rings is 1. The lowest BCUT2D eigenvalue weighted by Crippen LogP contribution is -2.49. The van der Waals surface area contributed by atoms with E-state index in [0.29, 0.717) is 24.6 Å². The number of carbonyl (C=O) groups is 2. The highest BCUT2D eigenvalue weighted by atomic mass is 19.4. The van der Waals surface area contributed by atoms with Gasteiger partial charge < -0.3 is 25.0 Å². The minimum Gasteiger partial charge on any atom is -0.464 e. The number of halogens is 3. The van der Waals surface area contributed by atoms with Gasteiger partial charge in [-0.25, -0.2) is 9.78 Å². The summed E-state index contributed by atoms with van der Waals surface area (Å²) in [5.41, 5.74) is -0.688. The topological polar surface area (TPSA) is 95.0 Å². The summed E-state index contributed by atoms with van der Waals surface area (Å²) in [6.45, 7) is 3.16. The van der Waals surface area contributed by atoms with E-state index in [-0.39, 0.29) is 31.8 Å². The summed E-state index contributed by atoms with van der Waals surface area (Å²) in [6.07, 6.45) is -4.34. The van der Waals surface area contributed by atoms with E-state index in [1.807, 2.05) is 4.90 Å². The number of aliphatic hydroxyl groups excluding tert-OH is 1. The fraction of sp³-hybridized carbons (Fsp3) is 0.409. The number of rotatable bonds is 7. The molecular formula is C22H25F3N4O4. The minimum absolute atomic E-state index is 0.0277. The molecule has 1 aromatic heterocycles. The number of piperazine rings is 1. The van der Waals surface area contributed by atoms with Crippen molar-refractivity contribution in [1.82, 2.24) is 9.88 Å². The van der Waals surface area contributed by atoms with Crippen LogP contribution < -0.4 is 10.2 Å². The first-order valence-electron chi connectivity index (χ1n) is 10.5. The quantitative estimate of drug-likeness (QED) is 0.605. The van der Waals surface area contributed by atoms with Gasteiger partial charge in [-0.15, -0.1) is 0 Å². The molecule has 1 atom stereocenters. The van der Waals surface area contributed by atoms with Gasteiger partial charge in [-0.1, -0.05) is 12.1 Å². The van der Waals surface area contributed by atoms with Crippen molar-refractivity contribution in [3.05, 3.63) is 53.7 Å². The SMILES string of the molecule is CCOC(=O)C(O)CNc1ccc(N2CCN(C(=O)c3ccccc3C(F)(F)F)CC2)nc1. The highest BCUT2D eigenvalue weighted by Gasteiger charge is 2.36. The van der Waals surface area contributed by atoms with Crippen LogP contribution in [0.2, 0.25) is 0 Å². The molecule has 3 rings (SSSR count). The molecule has 0 radical (unpaired) electrons.